The number of aromatic nitrogens is 2. The summed E-state index contributed by atoms with van der Waals surface area (Å²) in [7, 11) is 0. The molecule has 0 unspecified atom stereocenters. The van der Waals surface area contributed by atoms with Crippen molar-refractivity contribution in [2.24, 2.45) is 0 Å². The largest absolute Gasteiger partial charge is 0.494 e. The molecule has 0 atom stereocenters. The molecule has 4 nitrogen and oxygen atoms in total. The van der Waals surface area contributed by atoms with Crippen molar-refractivity contribution in [3.05, 3.63) is 53.9 Å². The number of aryl methyl sites for hydroxylation is 1. The Kier molecular flexibility index (Phi) is 3.92. The van der Waals surface area contributed by atoms with Crippen LogP contribution in [0.15, 0.2) is 42.6 Å². The Hall–Kier alpha value is -2.62. The minimum Gasteiger partial charge on any atom is -0.494 e. The van der Waals surface area contributed by atoms with E-state index in [4.69, 9.17) is 4.74 Å². The quantitative estimate of drug-likeness (QED) is 0.670. The highest BCUT2D eigenvalue weighted by atomic mass is 16.5. The number of ether oxygens (including phenoxy) is 1. The SMILES string of the molecule is CCCOc1ccc(-c2nc3c(C)cccn3c2C=O)cc1. The van der Waals surface area contributed by atoms with Gasteiger partial charge in [0.15, 0.2) is 6.29 Å². The Morgan fingerprint density at radius 2 is 2.00 bits per heavy atom. The minimum absolute atomic E-state index is 0.570. The number of aldehydes is 1. The van der Waals surface area contributed by atoms with Gasteiger partial charge in [0.1, 0.15) is 22.8 Å². The van der Waals surface area contributed by atoms with E-state index >= 15 is 0 Å². The van der Waals surface area contributed by atoms with E-state index in [1.807, 2.05) is 53.9 Å². The predicted molar refractivity (Wildman–Crippen MR) is 86.5 cm³/mol. The number of hydrogen-bond donors (Lipinski definition) is 0. The number of pyridine rings is 1. The van der Waals surface area contributed by atoms with Crippen LogP contribution in [0, 0.1) is 6.92 Å². The van der Waals surface area contributed by atoms with Crippen LogP contribution in [0.4, 0.5) is 0 Å². The van der Waals surface area contributed by atoms with Crippen molar-refractivity contribution in [3.8, 4) is 17.0 Å². The first-order valence-corrected chi connectivity index (χ1v) is 7.40. The third-order valence-electron chi connectivity index (χ3n) is 3.59. The fourth-order valence-electron chi connectivity index (χ4n) is 2.48. The molecule has 2 aromatic heterocycles. The first-order chi connectivity index (χ1) is 10.7. The molecule has 0 amide bonds. The highest BCUT2D eigenvalue weighted by Crippen LogP contribution is 2.26. The molecule has 1 aromatic carbocycles. The van der Waals surface area contributed by atoms with Crippen molar-refractivity contribution in [2.45, 2.75) is 20.3 Å². The molecule has 0 saturated carbocycles. The van der Waals surface area contributed by atoms with E-state index in [0.29, 0.717) is 18.0 Å². The van der Waals surface area contributed by atoms with Crippen LogP contribution < -0.4 is 4.74 Å². The number of carbonyl (C=O) groups excluding carboxylic acids is 1. The molecule has 0 bridgehead atoms. The highest BCUT2D eigenvalue weighted by molar-refractivity contribution is 5.86. The lowest BCUT2D eigenvalue weighted by atomic mass is 10.1. The number of imidazole rings is 1. The monoisotopic (exact) mass is 294 g/mol. The van der Waals surface area contributed by atoms with Gasteiger partial charge in [-0.1, -0.05) is 13.0 Å². The van der Waals surface area contributed by atoms with Gasteiger partial charge in [0.2, 0.25) is 0 Å². The second-order valence-electron chi connectivity index (χ2n) is 5.22. The molecule has 0 fully saturated rings. The zero-order chi connectivity index (χ0) is 15.5. The molecule has 4 heteroatoms. The molecule has 0 aliphatic rings. The Balaban J connectivity index is 2.06. The van der Waals surface area contributed by atoms with E-state index in [1.165, 1.54) is 0 Å². The summed E-state index contributed by atoms with van der Waals surface area (Å²) in [5.41, 5.74) is 4.03. The number of carbonyl (C=O) groups is 1. The Labute approximate surface area is 129 Å². The van der Waals surface area contributed by atoms with Gasteiger partial charge in [-0.25, -0.2) is 4.98 Å². The van der Waals surface area contributed by atoms with Crippen molar-refractivity contribution in [1.29, 1.82) is 0 Å². The standard InChI is InChI=1S/C18H18N2O2/c1-3-11-22-15-8-6-14(7-9-15)17-16(12-21)20-10-4-5-13(2)18(20)19-17/h4-10,12H,3,11H2,1-2H3. The van der Waals surface area contributed by atoms with Crippen LogP contribution in [0.1, 0.15) is 29.4 Å². The Morgan fingerprint density at radius 3 is 2.68 bits per heavy atom. The van der Waals surface area contributed by atoms with E-state index in [9.17, 15) is 4.79 Å². The molecule has 3 aromatic rings. The molecule has 2 heterocycles. The van der Waals surface area contributed by atoms with Crippen LogP contribution in [0.3, 0.4) is 0 Å². The fraction of sp³-hybridized carbons (Fsp3) is 0.222. The van der Waals surface area contributed by atoms with E-state index in [2.05, 4.69) is 11.9 Å². The first-order valence-electron chi connectivity index (χ1n) is 7.40. The third-order valence-corrected chi connectivity index (χ3v) is 3.59. The van der Waals surface area contributed by atoms with Crippen LogP contribution in [0.2, 0.25) is 0 Å². The molecule has 0 saturated heterocycles. The van der Waals surface area contributed by atoms with E-state index in [1.54, 1.807) is 0 Å². The van der Waals surface area contributed by atoms with Gasteiger partial charge >= 0.3 is 0 Å². The first kappa shape index (κ1) is 14.3. The fourth-order valence-corrected chi connectivity index (χ4v) is 2.48. The average molecular weight is 294 g/mol. The van der Waals surface area contributed by atoms with Crippen molar-refractivity contribution < 1.29 is 9.53 Å². The van der Waals surface area contributed by atoms with Gasteiger partial charge in [0.05, 0.1) is 6.61 Å². The lowest BCUT2D eigenvalue weighted by Gasteiger charge is -2.05. The molecule has 112 valence electrons. The van der Waals surface area contributed by atoms with Gasteiger partial charge in [-0.15, -0.1) is 0 Å². The summed E-state index contributed by atoms with van der Waals surface area (Å²) >= 11 is 0. The zero-order valence-electron chi connectivity index (χ0n) is 12.7. The predicted octanol–water partition coefficient (Wildman–Crippen LogP) is 3.91. The van der Waals surface area contributed by atoms with Crippen LogP contribution in [-0.2, 0) is 0 Å². The van der Waals surface area contributed by atoms with Crippen molar-refractivity contribution >= 4 is 11.9 Å². The smallest absolute Gasteiger partial charge is 0.169 e. The van der Waals surface area contributed by atoms with Gasteiger partial charge in [0.25, 0.3) is 0 Å². The number of rotatable bonds is 5. The molecule has 0 N–H and O–H groups in total. The minimum atomic E-state index is 0.570. The molecular weight excluding hydrogens is 276 g/mol. The van der Waals surface area contributed by atoms with Gasteiger partial charge in [-0.2, -0.15) is 0 Å². The summed E-state index contributed by atoms with van der Waals surface area (Å²) in [5.74, 6) is 0.832. The lowest BCUT2D eigenvalue weighted by molar-refractivity contribution is 0.111. The van der Waals surface area contributed by atoms with E-state index in [0.717, 1.165) is 35.2 Å². The van der Waals surface area contributed by atoms with Crippen LogP contribution in [0.25, 0.3) is 16.9 Å². The molecular formula is C18H18N2O2. The van der Waals surface area contributed by atoms with Gasteiger partial charge < -0.3 is 4.74 Å². The van der Waals surface area contributed by atoms with Crippen LogP contribution in [-0.4, -0.2) is 22.3 Å². The molecule has 22 heavy (non-hydrogen) atoms. The van der Waals surface area contributed by atoms with Gasteiger partial charge in [0, 0.05) is 11.8 Å². The number of fused-ring (bicyclic) bond motifs is 1. The Morgan fingerprint density at radius 1 is 1.23 bits per heavy atom. The Bertz CT molecular complexity index is 804. The van der Waals surface area contributed by atoms with Crippen molar-refractivity contribution in [3.63, 3.8) is 0 Å². The second-order valence-corrected chi connectivity index (χ2v) is 5.22. The topological polar surface area (TPSA) is 43.6 Å². The van der Waals surface area contributed by atoms with E-state index in [-0.39, 0.29) is 0 Å². The maximum atomic E-state index is 11.5. The van der Waals surface area contributed by atoms with Crippen molar-refractivity contribution in [2.75, 3.05) is 6.61 Å². The average Bonchev–Trinajstić information content (AvgIpc) is 2.93. The van der Waals surface area contributed by atoms with Gasteiger partial charge in [-0.3, -0.25) is 9.20 Å². The van der Waals surface area contributed by atoms with Crippen LogP contribution >= 0.6 is 0 Å². The molecule has 0 radical (unpaired) electrons. The number of benzene rings is 1. The maximum Gasteiger partial charge on any atom is 0.169 e. The summed E-state index contributed by atoms with van der Waals surface area (Å²) in [6.45, 7) is 4.76. The van der Waals surface area contributed by atoms with Crippen LogP contribution in [0.5, 0.6) is 5.75 Å². The molecule has 0 aliphatic carbocycles. The normalized spacial score (nSPS) is 10.8. The zero-order valence-corrected chi connectivity index (χ0v) is 12.7. The van der Waals surface area contributed by atoms with Crippen molar-refractivity contribution in [1.82, 2.24) is 9.38 Å². The van der Waals surface area contributed by atoms with Gasteiger partial charge in [-0.05, 0) is 49.2 Å². The summed E-state index contributed by atoms with van der Waals surface area (Å²) in [4.78, 5) is 16.1. The number of hydrogen-bond acceptors (Lipinski definition) is 3. The lowest BCUT2D eigenvalue weighted by Crippen LogP contribution is -1.95. The van der Waals surface area contributed by atoms with E-state index < -0.39 is 0 Å². The molecule has 3 rings (SSSR count). The highest BCUT2D eigenvalue weighted by Gasteiger charge is 2.14. The summed E-state index contributed by atoms with van der Waals surface area (Å²) in [6, 6.07) is 11.6. The maximum absolute atomic E-state index is 11.5. The third kappa shape index (κ3) is 2.48. The summed E-state index contributed by atoms with van der Waals surface area (Å²) in [6.07, 6.45) is 3.69. The second kappa shape index (κ2) is 6.02. The molecule has 0 aliphatic heterocycles. The molecule has 0 spiro atoms. The summed E-state index contributed by atoms with van der Waals surface area (Å²) < 4.78 is 7.42. The number of nitrogens with zero attached hydrogens (tertiary/aromatic N) is 2. The summed E-state index contributed by atoms with van der Waals surface area (Å²) in [5, 5.41) is 0.